The van der Waals surface area contributed by atoms with Crippen LogP contribution >= 0.6 is 0 Å². The summed E-state index contributed by atoms with van der Waals surface area (Å²) in [6.45, 7) is 1.83. The third-order valence-electron chi connectivity index (χ3n) is 2.41. The fourth-order valence-electron chi connectivity index (χ4n) is 1.53. The molecule has 6 nitrogen and oxygen atoms in total. The first-order valence-corrected chi connectivity index (χ1v) is 4.98. The van der Waals surface area contributed by atoms with Gasteiger partial charge in [-0.1, -0.05) is 5.21 Å². The van der Waals surface area contributed by atoms with Gasteiger partial charge >= 0.3 is 0 Å². The number of nitrogens with two attached hydrogens (primary N) is 1. The molecule has 2 aromatic rings. The second-order valence-electron chi connectivity index (χ2n) is 3.55. The molecule has 0 radical (unpaired) electrons. The van der Waals surface area contributed by atoms with Crippen LogP contribution in [0.2, 0.25) is 0 Å². The molecular formula is C10H12FN5O. The number of halogens is 1. The van der Waals surface area contributed by atoms with Crippen LogP contribution < -0.4 is 10.5 Å². The standard InChI is InChI=1S/C10H12FN5O/c1-6(16-5-9(12)14-15-16)8-3-7(11)4-13-10(8)17-2/h3-6H,12H2,1-2H3. The van der Waals surface area contributed by atoms with Crippen molar-refractivity contribution in [2.45, 2.75) is 13.0 Å². The van der Waals surface area contributed by atoms with Crippen LogP contribution in [0.25, 0.3) is 0 Å². The highest BCUT2D eigenvalue weighted by molar-refractivity contribution is 5.30. The number of anilines is 1. The van der Waals surface area contributed by atoms with Crippen molar-refractivity contribution in [3.05, 3.63) is 29.8 Å². The van der Waals surface area contributed by atoms with Crippen LogP contribution in [0.3, 0.4) is 0 Å². The van der Waals surface area contributed by atoms with Crippen LogP contribution in [0.5, 0.6) is 5.88 Å². The van der Waals surface area contributed by atoms with E-state index < -0.39 is 5.82 Å². The number of hydrogen-bond acceptors (Lipinski definition) is 5. The first-order valence-electron chi connectivity index (χ1n) is 4.98. The van der Waals surface area contributed by atoms with Gasteiger partial charge in [0.05, 0.1) is 25.5 Å². The molecule has 2 rings (SSSR count). The molecule has 7 heteroatoms. The molecule has 90 valence electrons. The summed E-state index contributed by atoms with van der Waals surface area (Å²) < 4.78 is 19.8. The Labute approximate surface area is 97.2 Å². The summed E-state index contributed by atoms with van der Waals surface area (Å²) in [5.74, 6) is 0.230. The molecule has 0 aliphatic rings. The Balaban J connectivity index is 2.42. The van der Waals surface area contributed by atoms with Crippen LogP contribution in [0.1, 0.15) is 18.5 Å². The van der Waals surface area contributed by atoms with E-state index in [4.69, 9.17) is 10.5 Å². The highest BCUT2D eigenvalue weighted by Gasteiger charge is 2.16. The molecule has 0 amide bonds. The van der Waals surface area contributed by atoms with Gasteiger partial charge in [0.25, 0.3) is 0 Å². The first-order chi connectivity index (χ1) is 8.11. The number of ether oxygens (including phenoxy) is 1. The Kier molecular flexibility index (Phi) is 2.90. The van der Waals surface area contributed by atoms with Gasteiger partial charge in [-0.3, -0.25) is 0 Å². The quantitative estimate of drug-likeness (QED) is 0.861. The zero-order chi connectivity index (χ0) is 12.4. The van der Waals surface area contributed by atoms with E-state index in [2.05, 4.69) is 15.3 Å². The number of pyridine rings is 1. The van der Waals surface area contributed by atoms with Gasteiger partial charge in [0.15, 0.2) is 5.82 Å². The molecular weight excluding hydrogens is 225 g/mol. The summed E-state index contributed by atoms with van der Waals surface area (Å²) in [6, 6.07) is 1.09. The number of rotatable bonds is 3. The Bertz CT molecular complexity index is 527. The average Bonchev–Trinajstić information content (AvgIpc) is 2.75. The molecule has 0 bridgehead atoms. The molecule has 0 fully saturated rings. The zero-order valence-electron chi connectivity index (χ0n) is 9.46. The lowest BCUT2D eigenvalue weighted by atomic mass is 10.1. The molecule has 0 aromatic carbocycles. The number of nitrogen functional groups attached to an aromatic ring is 1. The minimum Gasteiger partial charge on any atom is -0.481 e. The smallest absolute Gasteiger partial charge is 0.218 e. The van der Waals surface area contributed by atoms with Crippen molar-refractivity contribution in [2.24, 2.45) is 0 Å². The monoisotopic (exact) mass is 237 g/mol. The molecule has 0 saturated heterocycles. The molecule has 0 spiro atoms. The highest BCUT2D eigenvalue weighted by atomic mass is 19.1. The van der Waals surface area contributed by atoms with Gasteiger partial charge in [-0.2, -0.15) is 0 Å². The second kappa shape index (κ2) is 4.36. The van der Waals surface area contributed by atoms with Gasteiger partial charge in [0.1, 0.15) is 5.82 Å². The lowest BCUT2D eigenvalue weighted by molar-refractivity contribution is 0.380. The normalized spacial score (nSPS) is 12.4. The van der Waals surface area contributed by atoms with Crippen LogP contribution in [0, 0.1) is 5.82 Å². The summed E-state index contributed by atoms with van der Waals surface area (Å²) in [5, 5.41) is 7.51. The van der Waals surface area contributed by atoms with E-state index in [-0.39, 0.29) is 6.04 Å². The van der Waals surface area contributed by atoms with E-state index in [0.29, 0.717) is 17.3 Å². The Hall–Kier alpha value is -2.18. The third kappa shape index (κ3) is 2.17. The molecule has 0 aliphatic carbocycles. The largest absolute Gasteiger partial charge is 0.481 e. The van der Waals surface area contributed by atoms with Crippen LogP contribution in [-0.4, -0.2) is 27.1 Å². The summed E-state index contributed by atoms with van der Waals surface area (Å²) in [5.41, 5.74) is 6.06. The van der Waals surface area contributed by atoms with E-state index in [1.807, 2.05) is 6.92 Å². The zero-order valence-corrected chi connectivity index (χ0v) is 9.46. The third-order valence-corrected chi connectivity index (χ3v) is 2.41. The summed E-state index contributed by atoms with van der Waals surface area (Å²) >= 11 is 0. The molecule has 2 heterocycles. The fourth-order valence-corrected chi connectivity index (χ4v) is 1.53. The summed E-state index contributed by atoms with van der Waals surface area (Å²) in [4.78, 5) is 3.86. The van der Waals surface area contributed by atoms with Crippen molar-refractivity contribution in [1.29, 1.82) is 0 Å². The van der Waals surface area contributed by atoms with E-state index >= 15 is 0 Å². The Morgan fingerprint density at radius 1 is 1.53 bits per heavy atom. The van der Waals surface area contributed by atoms with Crippen molar-refractivity contribution >= 4 is 5.82 Å². The van der Waals surface area contributed by atoms with Crippen molar-refractivity contribution in [3.8, 4) is 5.88 Å². The lowest BCUT2D eigenvalue weighted by Gasteiger charge is -2.14. The van der Waals surface area contributed by atoms with Crippen molar-refractivity contribution in [3.63, 3.8) is 0 Å². The van der Waals surface area contributed by atoms with Crippen LogP contribution in [-0.2, 0) is 0 Å². The van der Waals surface area contributed by atoms with E-state index in [9.17, 15) is 4.39 Å². The predicted octanol–water partition coefficient (Wildman–Crippen LogP) is 1.01. The fraction of sp³-hybridized carbons (Fsp3) is 0.300. The number of aromatic nitrogens is 4. The molecule has 1 unspecified atom stereocenters. The maximum absolute atomic E-state index is 13.2. The first kappa shape index (κ1) is 11.3. The minimum atomic E-state index is -0.430. The maximum atomic E-state index is 13.2. The predicted molar refractivity (Wildman–Crippen MR) is 59.0 cm³/mol. The van der Waals surface area contributed by atoms with Crippen molar-refractivity contribution in [1.82, 2.24) is 20.0 Å². The number of methoxy groups -OCH3 is 1. The van der Waals surface area contributed by atoms with Gasteiger partial charge in [-0.25, -0.2) is 14.1 Å². The molecule has 17 heavy (non-hydrogen) atoms. The van der Waals surface area contributed by atoms with Crippen molar-refractivity contribution in [2.75, 3.05) is 12.8 Å². The molecule has 0 saturated carbocycles. The second-order valence-corrected chi connectivity index (χ2v) is 3.55. The van der Waals surface area contributed by atoms with E-state index in [1.165, 1.54) is 17.9 Å². The molecule has 2 aromatic heterocycles. The van der Waals surface area contributed by atoms with Crippen LogP contribution in [0.4, 0.5) is 10.2 Å². The lowest BCUT2D eigenvalue weighted by Crippen LogP contribution is -2.10. The van der Waals surface area contributed by atoms with Gasteiger partial charge in [-0.15, -0.1) is 5.10 Å². The van der Waals surface area contributed by atoms with Gasteiger partial charge in [-0.05, 0) is 13.0 Å². The maximum Gasteiger partial charge on any atom is 0.218 e. The average molecular weight is 237 g/mol. The Morgan fingerprint density at radius 3 is 2.88 bits per heavy atom. The molecule has 0 aliphatic heterocycles. The van der Waals surface area contributed by atoms with Gasteiger partial charge < -0.3 is 10.5 Å². The van der Waals surface area contributed by atoms with Gasteiger partial charge in [0, 0.05) is 5.56 Å². The van der Waals surface area contributed by atoms with Gasteiger partial charge in [0.2, 0.25) is 5.88 Å². The van der Waals surface area contributed by atoms with E-state index in [1.54, 1.807) is 6.20 Å². The van der Waals surface area contributed by atoms with E-state index in [0.717, 1.165) is 6.20 Å². The topological polar surface area (TPSA) is 78.9 Å². The number of nitrogens with zero attached hydrogens (tertiary/aromatic N) is 4. The molecule has 2 N–H and O–H groups in total. The molecule has 1 atom stereocenters. The summed E-state index contributed by atoms with van der Waals surface area (Å²) in [6.07, 6.45) is 2.67. The number of hydrogen-bond donors (Lipinski definition) is 1. The highest BCUT2D eigenvalue weighted by Crippen LogP contribution is 2.25. The summed E-state index contributed by atoms with van der Waals surface area (Å²) in [7, 11) is 1.48. The minimum absolute atomic E-state index is 0.266. The Morgan fingerprint density at radius 2 is 2.29 bits per heavy atom. The SMILES string of the molecule is COc1ncc(F)cc1C(C)n1cc(N)nn1. The van der Waals surface area contributed by atoms with Crippen LogP contribution in [0.15, 0.2) is 18.5 Å². The van der Waals surface area contributed by atoms with Crippen molar-refractivity contribution < 1.29 is 9.13 Å².